The van der Waals surface area contributed by atoms with Crippen molar-refractivity contribution in [1.82, 2.24) is 23.3 Å². The van der Waals surface area contributed by atoms with Gasteiger partial charge >= 0.3 is 11.4 Å². The van der Waals surface area contributed by atoms with Crippen molar-refractivity contribution in [2.45, 2.75) is 51.1 Å². The first-order valence-corrected chi connectivity index (χ1v) is 18.2. The third-order valence-corrected chi connectivity index (χ3v) is 10.7. The smallest absolute Gasteiger partial charge is 0.335 e. The molecule has 55 heavy (non-hydrogen) atoms. The van der Waals surface area contributed by atoms with E-state index < -0.39 is 34.7 Å². The highest BCUT2D eigenvalue weighted by Crippen LogP contribution is 2.36. The van der Waals surface area contributed by atoms with E-state index in [9.17, 15) is 29.4 Å². The van der Waals surface area contributed by atoms with Crippen LogP contribution in [0.3, 0.4) is 0 Å². The summed E-state index contributed by atoms with van der Waals surface area (Å²) in [5.74, 6) is -3.17. The Morgan fingerprint density at radius 2 is 1.42 bits per heavy atom. The topological polar surface area (TPSA) is 179 Å². The number of furan rings is 1. The molecule has 1 atom stereocenters. The normalized spacial score (nSPS) is 15.0. The van der Waals surface area contributed by atoms with Gasteiger partial charge in [0.25, 0.3) is 11.8 Å². The maximum absolute atomic E-state index is 15.5. The van der Waals surface area contributed by atoms with E-state index >= 15 is 4.39 Å². The lowest BCUT2D eigenvalue weighted by molar-refractivity contribution is 0.0993. The summed E-state index contributed by atoms with van der Waals surface area (Å²) in [6, 6.07) is 12.8. The molecule has 0 saturated carbocycles. The first-order chi connectivity index (χ1) is 26.4. The van der Waals surface area contributed by atoms with Crippen LogP contribution in [-0.4, -0.2) is 45.3 Å². The number of aromatic hydroxyl groups is 2. The Bertz CT molecular complexity index is 2680. The lowest BCUT2D eigenvalue weighted by atomic mass is 9.89. The van der Waals surface area contributed by atoms with Gasteiger partial charge in [-0.3, -0.25) is 18.7 Å². The third-order valence-electron chi connectivity index (χ3n) is 9.86. The third kappa shape index (κ3) is 6.47. The Morgan fingerprint density at radius 3 is 2.00 bits per heavy atom. The van der Waals surface area contributed by atoms with Gasteiger partial charge in [0, 0.05) is 37.1 Å². The molecular formula is C37H29Cl3FN7O7. The summed E-state index contributed by atoms with van der Waals surface area (Å²) in [5, 5.41) is 27.4. The van der Waals surface area contributed by atoms with Crippen LogP contribution < -0.4 is 22.0 Å². The molecule has 0 radical (unpaired) electrons. The number of hydrogen-bond donors (Lipinski definition) is 4. The average molecular weight is 809 g/mol. The van der Waals surface area contributed by atoms with Gasteiger partial charge in [-0.1, -0.05) is 23.2 Å². The molecule has 1 unspecified atom stereocenters. The Hall–Kier alpha value is -5.77. The second kappa shape index (κ2) is 14.1. The molecule has 0 aliphatic carbocycles. The lowest BCUT2D eigenvalue weighted by Crippen LogP contribution is -2.28. The Morgan fingerprint density at radius 1 is 0.800 bits per heavy atom. The van der Waals surface area contributed by atoms with Gasteiger partial charge in [-0.15, -0.1) is 0 Å². The number of nitrogens with one attached hydrogen (secondary N) is 2. The van der Waals surface area contributed by atoms with Gasteiger partial charge in [0.15, 0.2) is 22.5 Å². The molecule has 2 amide bonds. The molecule has 2 aliphatic heterocycles. The van der Waals surface area contributed by atoms with Crippen molar-refractivity contribution in [1.29, 1.82) is 0 Å². The molecule has 4 N–H and O–H groups in total. The molecule has 14 nitrogen and oxygen atoms in total. The first-order valence-electron chi connectivity index (χ1n) is 17.1. The number of benzene rings is 2. The molecule has 4 aromatic heterocycles. The second-order valence-electron chi connectivity index (χ2n) is 13.2. The fraction of sp³-hybridized carbons (Fsp3) is 0.216. The number of nitrogens with zero attached hydrogens (tertiary/aromatic N) is 5. The van der Waals surface area contributed by atoms with Crippen LogP contribution in [0.25, 0.3) is 11.4 Å². The SMILES string of the molecule is O=C(Nc1ccc(-n2c(O)c3n(c2=O)CCC(c2cnc(C(=O)Nc4ccc(-n5c(O)c6n(c5=O)CCCC6)c(Cl)c4)c(F)c2)C3)c(Cl)c1)c1ccc(Cl)o1. The van der Waals surface area contributed by atoms with Gasteiger partial charge in [0.2, 0.25) is 11.8 Å². The molecular weight excluding hydrogens is 780 g/mol. The van der Waals surface area contributed by atoms with E-state index in [-0.39, 0.29) is 68.7 Å². The molecule has 0 saturated heterocycles. The zero-order valence-corrected chi connectivity index (χ0v) is 30.8. The maximum atomic E-state index is 15.5. The summed E-state index contributed by atoms with van der Waals surface area (Å²) in [5.41, 5.74) is 0.827. The van der Waals surface area contributed by atoms with Crippen molar-refractivity contribution in [3.8, 4) is 23.1 Å². The Labute approximate surface area is 324 Å². The number of rotatable bonds is 7. The van der Waals surface area contributed by atoms with E-state index in [1.807, 2.05) is 0 Å². The molecule has 2 aromatic carbocycles. The lowest BCUT2D eigenvalue weighted by Gasteiger charge is -2.23. The summed E-state index contributed by atoms with van der Waals surface area (Å²) >= 11 is 18.8. The largest absolute Gasteiger partial charge is 0.493 e. The number of carbonyl (C=O) groups is 2. The number of hydrogen-bond acceptors (Lipinski definition) is 8. The zero-order valence-electron chi connectivity index (χ0n) is 28.5. The minimum absolute atomic E-state index is 0.0110. The minimum atomic E-state index is -0.882. The summed E-state index contributed by atoms with van der Waals surface area (Å²) in [7, 11) is 0. The molecule has 8 rings (SSSR count). The van der Waals surface area contributed by atoms with Crippen LogP contribution in [0, 0.1) is 5.82 Å². The predicted octanol–water partition coefficient (Wildman–Crippen LogP) is 6.66. The number of aromatic nitrogens is 5. The van der Waals surface area contributed by atoms with Crippen molar-refractivity contribution in [3.63, 3.8) is 0 Å². The molecule has 282 valence electrons. The van der Waals surface area contributed by atoms with Crippen LogP contribution in [-0.2, 0) is 25.9 Å². The number of amides is 2. The highest BCUT2D eigenvalue weighted by molar-refractivity contribution is 6.33. The first kappa shape index (κ1) is 36.2. The number of fused-ring (bicyclic) bond motifs is 2. The molecule has 2 aliphatic rings. The maximum Gasteiger partial charge on any atom is 0.335 e. The second-order valence-corrected chi connectivity index (χ2v) is 14.4. The quantitative estimate of drug-likeness (QED) is 0.138. The van der Waals surface area contributed by atoms with Gasteiger partial charge in [0.1, 0.15) is 0 Å². The standard InChI is InChI=1S/C37H29Cl3FN7O7/c38-22-15-20(43-32(49)29-8-9-30(40)55-29)4-6-26(22)48-35(52)28-14-18(10-12-46(28)37(48)54)19-13-24(41)31(42-17-19)33(50)44-21-5-7-25(23(39)16-21)47-34(51)27-3-1-2-11-45(27)36(47)53/h4-9,13,15-18,51-52H,1-3,10-12,14H2,(H,43,49)(H,44,50). The van der Waals surface area contributed by atoms with Gasteiger partial charge in [-0.05, 0) is 103 Å². The molecule has 0 bridgehead atoms. The highest BCUT2D eigenvalue weighted by Gasteiger charge is 2.30. The van der Waals surface area contributed by atoms with Gasteiger partial charge in [0.05, 0.1) is 32.8 Å². The molecule has 0 spiro atoms. The monoisotopic (exact) mass is 807 g/mol. The van der Waals surface area contributed by atoms with Crippen molar-refractivity contribution >= 4 is 58.0 Å². The van der Waals surface area contributed by atoms with Crippen molar-refractivity contribution in [2.75, 3.05) is 10.6 Å². The van der Waals surface area contributed by atoms with Gasteiger partial charge < -0.3 is 25.3 Å². The molecule has 6 heterocycles. The summed E-state index contributed by atoms with van der Waals surface area (Å²) in [6.07, 6.45) is 4.19. The summed E-state index contributed by atoms with van der Waals surface area (Å²) < 4.78 is 25.7. The van der Waals surface area contributed by atoms with E-state index in [2.05, 4.69) is 15.6 Å². The minimum Gasteiger partial charge on any atom is -0.493 e. The van der Waals surface area contributed by atoms with E-state index in [0.29, 0.717) is 42.0 Å². The fourth-order valence-corrected chi connectivity index (χ4v) is 7.83. The van der Waals surface area contributed by atoms with Crippen LogP contribution >= 0.6 is 34.8 Å². The number of carbonyl (C=O) groups excluding carboxylic acids is 2. The van der Waals surface area contributed by atoms with Crippen LogP contribution in [0.4, 0.5) is 15.8 Å². The zero-order chi connectivity index (χ0) is 38.7. The van der Waals surface area contributed by atoms with Crippen LogP contribution in [0.1, 0.15) is 63.2 Å². The number of anilines is 2. The van der Waals surface area contributed by atoms with Crippen molar-refractivity contribution in [2.24, 2.45) is 0 Å². The van der Waals surface area contributed by atoms with Crippen LogP contribution in [0.5, 0.6) is 11.8 Å². The predicted molar refractivity (Wildman–Crippen MR) is 201 cm³/mol. The van der Waals surface area contributed by atoms with E-state index in [1.165, 1.54) is 69.9 Å². The summed E-state index contributed by atoms with van der Waals surface area (Å²) in [4.78, 5) is 56.1. The Balaban J connectivity index is 0.970. The van der Waals surface area contributed by atoms with Crippen molar-refractivity contribution < 1.29 is 28.6 Å². The number of halogens is 4. The van der Waals surface area contributed by atoms with E-state index in [4.69, 9.17) is 39.2 Å². The van der Waals surface area contributed by atoms with Crippen LogP contribution in [0.2, 0.25) is 15.3 Å². The summed E-state index contributed by atoms with van der Waals surface area (Å²) in [6.45, 7) is 0.698. The molecule has 6 aromatic rings. The average Bonchev–Trinajstić information content (AvgIpc) is 3.79. The van der Waals surface area contributed by atoms with E-state index in [1.54, 1.807) is 0 Å². The number of imidazole rings is 2. The van der Waals surface area contributed by atoms with Gasteiger partial charge in [-0.2, -0.15) is 0 Å². The fourth-order valence-electron chi connectivity index (χ4n) is 7.16. The van der Waals surface area contributed by atoms with Gasteiger partial charge in [-0.25, -0.2) is 28.1 Å². The van der Waals surface area contributed by atoms with E-state index in [0.717, 1.165) is 22.0 Å². The van der Waals surface area contributed by atoms with Crippen molar-refractivity contribution in [3.05, 3.63) is 131 Å². The Kier molecular flexibility index (Phi) is 9.31. The highest BCUT2D eigenvalue weighted by atomic mass is 35.5. The molecule has 18 heteroatoms. The number of pyridine rings is 1. The van der Waals surface area contributed by atoms with Crippen LogP contribution in [0.15, 0.2) is 74.8 Å². The molecule has 0 fully saturated rings.